The summed E-state index contributed by atoms with van der Waals surface area (Å²) >= 11 is 3.35. The third kappa shape index (κ3) is 2.06. The molecule has 94 valence electrons. The third-order valence-electron chi connectivity index (χ3n) is 2.74. The van der Waals surface area contributed by atoms with Crippen molar-refractivity contribution in [3.8, 4) is 0 Å². The number of carboxylic acid groups (broad SMARTS) is 1. The van der Waals surface area contributed by atoms with E-state index in [1.807, 2.05) is 13.8 Å². The van der Waals surface area contributed by atoms with Crippen LogP contribution in [-0.2, 0) is 0 Å². The van der Waals surface area contributed by atoms with Gasteiger partial charge in [0.05, 0.1) is 11.1 Å². The summed E-state index contributed by atoms with van der Waals surface area (Å²) in [6.45, 7) is 3.83. The average Bonchev–Trinajstić information content (AvgIpc) is 2.28. The van der Waals surface area contributed by atoms with Gasteiger partial charge >= 0.3 is 5.97 Å². The Morgan fingerprint density at radius 1 is 1.33 bits per heavy atom. The lowest BCUT2D eigenvalue weighted by molar-refractivity contribution is 0.0697. The highest BCUT2D eigenvalue weighted by atomic mass is 79.9. The Morgan fingerprint density at radius 3 is 2.56 bits per heavy atom. The van der Waals surface area contributed by atoms with Crippen LogP contribution in [0.2, 0.25) is 0 Å². The Morgan fingerprint density at radius 2 is 2.00 bits per heavy atom. The van der Waals surface area contributed by atoms with Crippen LogP contribution in [0.5, 0.6) is 0 Å². The molecule has 2 aromatic rings. The molecule has 0 aliphatic heterocycles. The molecule has 2 rings (SSSR count). The maximum atomic E-state index is 11.9. The van der Waals surface area contributed by atoms with Gasteiger partial charge in [-0.15, -0.1) is 0 Å². The van der Waals surface area contributed by atoms with Crippen LogP contribution in [0.3, 0.4) is 0 Å². The van der Waals surface area contributed by atoms with Crippen molar-refractivity contribution in [3.05, 3.63) is 44.7 Å². The van der Waals surface area contributed by atoms with Crippen LogP contribution in [-0.4, -0.2) is 15.6 Å². The minimum Gasteiger partial charge on any atom is -0.478 e. The number of carboxylic acids is 1. The van der Waals surface area contributed by atoms with E-state index in [9.17, 15) is 9.59 Å². The van der Waals surface area contributed by atoms with Crippen LogP contribution >= 0.6 is 15.9 Å². The zero-order chi connectivity index (χ0) is 13.4. The van der Waals surface area contributed by atoms with Gasteiger partial charge in [-0.2, -0.15) is 0 Å². The highest BCUT2D eigenvalue weighted by molar-refractivity contribution is 9.10. The second-order valence-electron chi connectivity index (χ2n) is 4.34. The Balaban J connectivity index is 2.91. The minimum atomic E-state index is -0.986. The molecular formula is C13H12BrNO3. The molecule has 0 aliphatic carbocycles. The Labute approximate surface area is 112 Å². The van der Waals surface area contributed by atoms with Crippen LogP contribution in [0.1, 0.15) is 30.2 Å². The number of pyridine rings is 1. The lowest BCUT2D eigenvalue weighted by Crippen LogP contribution is -2.21. The summed E-state index contributed by atoms with van der Waals surface area (Å²) in [5, 5.41) is 9.74. The molecule has 4 nitrogen and oxygen atoms in total. The summed E-state index contributed by atoms with van der Waals surface area (Å²) < 4.78 is 2.26. The van der Waals surface area contributed by atoms with Gasteiger partial charge in [-0.1, -0.05) is 0 Å². The number of halogens is 1. The smallest absolute Gasteiger partial charge is 0.335 e. The van der Waals surface area contributed by atoms with Crippen LogP contribution in [0.25, 0.3) is 10.9 Å². The van der Waals surface area contributed by atoms with E-state index in [2.05, 4.69) is 15.9 Å². The van der Waals surface area contributed by atoms with Gasteiger partial charge in [-0.3, -0.25) is 4.79 Å². The molecule has 18 heavy (non-hydrogen) atoms. The maximum absolute atomic E-state index is 11.9. The van der Waals surface area contributed by atoms with E-state index in [4.69, 9.17) is 5.11 Å². The highest BCUT2D eigenvalue weighted by Crippen LogP contribution is 2.26. The SMILES string of the molecule is CC(C)n1c(=O)ccc2cc(C(=O)O)cc(Br)c21. The fraction of sp³-hybridized carbons (Fsp3) is 0.231. The minimum absolute atomic E-state index is 0.00757. The zero-order valence-electron chi connectivity index (χ0n) is 9.98. The van der Waals surface area contributed by atoms with Crippen molar-refractivity contribution in [2.24, 2.45) is 0 Å². The van der Waals surface area contributed by atoms with Crippen molar-refractivity contribution in [2.45, 2.75) is 19.9 Å². The number of hydrogen-bond acceptors (Lipinski definition) is 2. The molecule has 0 atom stereocenters. The number of aromatic nitrogens is 1. The summed E-state index contributed by atoms with van der Waals surface area (Å²) in [6.07, 6.45) is 0. The van der Waals surface area contributed by atoms with E-state index < -0.39 is 5.97 Å². The van der Waals surface area contributed by atoms with Gasteiger partial charge < -0.3 is 9.67 Å². The zero-order valence-corrected chi connectivity index (χ0v) is 11.6. The number of rotatable bonds is 2. The van der Waals surface area contributed by atoms with Crippen molar-refractivity contribution in [1.29, 1.82) is 0 Å². The van der Waals surface area contributed by atoms with E-state index in [-0.39, 0.29) is 17.2 Å². The van der Waals surface area contributed by atoms with Gasteiger partial charge in [0, 0.05) is 22.0 Å². The number of fused-ring (bicyclic) bond motifs is 1. The Hall–Kier alpha value is -1.62. The molecule has 0 bridgehead atoms. The molecule has 0 saturated carbocycles. The van der Waals surface area contributed by atoms with Crippen molar-refractivity contribution >= 4 is 32.8 Å². The number of aromatic carboxylic acids is 1. The predicted octanol–water partition coefficient (Wildman–Crippen LogP) is 3.04. The van der Waals surface area contributed by atoms with Crippen molar-refractivity contribution in [1.82, 2.24) is 4.57 Å². The maximum Gasteiger partial charge on any atom is 0.335 e. The summed E-state index contributed by atoms with van der Waals surface area (Å²) in [4.78, 5) is 22.9. The van der Waals surface area contributed by atoms with Crippen molar-refractivity contribution in [2.75, 3.05) is 0 Å². The highest BCUT2D eigenvalue weighted by Gasteiger charge is 2.13. The second kappa shape index (κ2) is 4.57. The molecule has 5 heteroatoms. The first-order valence-electron chi connectivity index (χ1n) is 5.50. The Bertz CT molecular complexity index is 688. The molecule has 0 fully saturated rings. The predicted molar refractivity (Wildman–Crippen MR) is 73.3 cm³/mol. The van der Waals surface area contributed by atoms with Crippen LogP contribution in [0.4, 0.5) is 0 Å². The summed E-state index contributed by atoms with van der Waals surface area (Å²) in [6, 6.07) is 6.20. The Kier molecular flexibility index (Phi) is 3.26. The van der Waals surface area contributed by atoms with Crippen molar-refractivity contribution in [3.63, 3.8) is 0 Å². The molecule has 1 aromatic heterocycles. The largest absolute Gasteiger partial charge is 0.478 e. The van der Waals surface area contributed by atoms with Crippen LogP contribution in [0.15, 0.2) is 33.5 Å². The monoisotopic (exact) mass is 309 g/mol. The van der Waals surface area contributed by atoms with Crippen LogP contribution in [0, 0.1) is 0 Å². The average molecular weight is 310 g/mol. The number of nitrogens with zero attached hydrogens (tertiary/aromatic N) is 1. The lowest BCUT2D eigenvalue weighted by Gasteiger charge is -2.15. The lowest BCUT2D eigenvalue weighted by atomic mass is 10.1. The van der Waals surface area contributed by atoms with E-state index in [0.717, 1.165) is 10.9 Å². The van der Waals surface area contributed by atoms with Gasteiger partial charge in [0.15, 0.2) is 0 Å². The fourth-order valence-electron chi connectivity index (χ4n) is 1.99. The molecular weight excluding hydrogens is 298 g/mol. The van der Waals surface area contributed by atoms with Crippen LogP contribution < -0.4 is 5.56 Å². The summed E-state index contributed by atoms with van der Waals surface area (Å²) in [5.41, 5.74) is 0.826. The molecule has 0 saturated heterocycles. The normalized spacial score (nSPS) is 11.1. The van der Waals surface area contributed by atoms with E-state index in [1.165, 1.54) is 12.1 Å². The number of benzene rings is 1. The first kappa shape index (κ1) is 12.8. The molecule has 1 N–H and O–H groups in total. The molecule has 0 spiro atoms. The summed E-state index contributed by atoms with van der Waals surface area (Å²) in [5.74, 6) is -0.986. The number of hydrogen-bond donors (Lipinski definition) is 1. The van der Waals surface area contributed by atoms with Gasteiger partial charge in [-0.05, 0) is 48.0 Å². The van der Waals surface area contributed by atoms with Gasteiger partial charge in [-0.25, -0.2) is 4.79 Å². The van der Waals surface area contributed by atoms with Gasteiger partial charge in [0.25, 0.3) is 5.56 Å². The van der Waals surface area contributed by atoms with Gasteiger partial charge in [0.2, 0.25) is 0 Å². The molecule has 0 aliphatic rings. The number of carbonyl (C=O) groups is 1. The third-order valence-corrected chi connectivity index (χ3v) is 3.34. The molecule has 0 radical (unpaired) electrons. The van der Waals surface area contributed by atoms with Gasteiger partial charge in [0.1, 0.15) is 0 Å². The van der Waals surface area contributed by atoms with E-state index in [1.54, 1.807) is 16.7 Å². The first-order chi connectivity index (χ1) is 8.41. The first-order valence-corrected chi connectivity index (χ1v) is 6.29. The molecule has 1 aromatic carbocycles. The standard InChI is InChI=1S/C13H12BrNO3/c1-7(2)15-11(16)4-3-8-5-9(13(17)18)6-10(14)12(8)15/h3-7H,1-2H3,(H,17,18). The molecule has 1 heterocycles. The molecule has 0 amide bonds. The van der Waals surface area contributed by atoms with E-state index in [0.29, 0.717) is 4.47 Å². The fourth-order valence-corrected chi connectivity index (χ4v) is 2.66. The van der Waals surface area contributed by atoms with E-state index >= 15 is 0 Å². The summed E-state index contributed by atoms with van der Waals surface area (Å²) in [7, 11) is 0. The second-order valence-corrected chi connectivity index (χ2v) is 5.19. The molecule has 0 unspecified atom stereocenters. The quantitative estimate of drug-likeness (QED) is 0.927. The topological polar surface area (TPSA) is 59.3 Å². The van der Waals surface area contributed by atoms with Crippen molar-refractivity contribution < 1.29 is 9.90 Å².